The molecule has 0 saturated carbocycles. The molecule has 0 bridgehead atoms. The van der Waals surface area contributed by atoms with E-state index >= 15 is 0 Å². The summed E-state index contributed by atoms with van der Waals surface area (Å²) in [5.74, 6) is 0.860. The van der Waals surface area contributed by atoms with E-state index in [9.17, 15) is 9.59 Å². The number of nitrogens with zero attached hydrogens (tertiary/aromatic N) is 4. The Bertz CT molecular complexity index is 644. The number of likely N-dealkylation sites (tertiary alicyclic amines) is 1. The molecular formula is C18H25ClN4O2. The first-order valence-corrected chi connectivity index (χ1v) is 9.31. The third kappa shape index (κ3) is 3.73. The molecular weight excluding hydrogens is 340 g/mol. The average Bonchev–Trinajstić information content (AvgIpc) is 3.10. The van der Waals surface area contributed by atoms with Crippen molar-refractivity contribution in [1.82, 2.24) is 14.8 Å². The Morgan fingerprint density at radius 1 is 1.20 bits per heavy atom. The zero-order chi connectivity index (χ0) is 18.0. The summed E-state index contributed by atoms with van der Waals surface area (Å²) in [6, 6.07) is 3.35. The number of anilines is 1. The number of carbonyl (C=O) groups excluding carboxylic acids is 2. The molecule has 0 spiro atoms. The van der Waals surface area contributed by atoms with Gasteiger partial charge in [-0.05, 0) is 25.0 Å². The summed E-state index contributed by atoms with van der Waals surface area (Å²) in [5, 5.41) is 0.631. The van der Waals surface area contributed by atoms with Crippen molar-refractivity contribution in [2.24, 2.45) is 5.92 Å². The normalized spacial score (nSPS) is 21.1. The highest BCUT2D eigenvalue weighted by Gasteiger charge is 2.38. The fourth-order valence-electron chi connectivity index (χ4n) is 3.58. The average molecular weight is 365 g/mol. The van der Waals surface area contributed by atoms with Gasteiger partial charge in [0.2, 0.25) is 11.8 Å². The molecule has 2 aliphatic heterocycles. The Hall–Kier alpha value is -1.82. The van der Waals surface area contributed by atoms with Gasteiger partial charge in [0.05, 0.1) is 5.02 Å². The highest BCUT2D eigenvalue weighted by molar-refractivity contribution is 6.32. The number of pyridine rings is 1. The first kappa shape index (κ1) is 18.0. The van der Waals surface area contributed by atoms with Crippen molar-refractivity contribution in [3.63, 3.8) is 0 Å². The van der Waals surface area contributed by atoms with Gasteiger partial charge in [0, 0.05) is 44.8 Å². The molecule has 0 aromatic carbocycles. The van der Waals surface area contributed by atoms with Crippen LogP contribution in [0.1, 0.15) is 26.7 Å². The van der Waals surface area contributed by atoms with Gasteiger partial charge in [-0.25, -0.2) is 4.98 Å². The van der Waals surface area contributed by atoms with E-state index in [0.29, 0.717) is 37.7 Å². The predicted molar refractivity (Wildman–Crippen MR) is 97.6 cm³/mol. The first-order chi connectivity index (χ1) is 12.0. The Morgan fingerprint density at radius 2 is 1.92 bits per heavy atom. The van der Waals surface area contributed by atoms with Gasteiger partial charge >= 0.3 is 0 Å². The van der Waals surface area contributed by atoms with Crippen LogP contribution in [-0.2, 0) is 9.59 Å². The van der Waals surface area contributed by atoms with Gasteiger partial charge in [0.25, 0.3) is 0 Å². The number of hydrogen-bond acceptors (Lipinski definition) is 4. The fourth-order valence-corrected chi connectivity index (χ4v) is 3.82. The number of aromatic nitrogens is 1. The van der Waals surface area contributed by atoms with Crippen molar-refractivity contribution in [2.75, 3.05) is 37.6 Å². The quantitative estimate of drug-likeness (QED) is 0.823. The highest BCUT2D eigenvalue weighted by Crippen LogP contribution is 2.25. The van der Waals surface area contributed by atoms with E-state index in [1.54, 1.807) is 11.1 Å². The van der Waals surface area contributed by atoms with Crippen LogP contribution in [-0.4, -0.2) is 65.4 Å². The number of piperazine rings is 1. The van der Waals surface area contributed by atoms with E-state index in [1.165, 1.54) is 0 Å². The monoisotopic (exact) mass is 364 g/mol. The zero-order valence-corrected chi connectivity index (χ0v) is 15.6. The number of halogens is 1. The van der Waals surface area contributed by atoms with Gasteiger partial charge in [0.1, 0.15) is 11.9 Å². The highest BCUT2D eigenvalue weighted by atomic mass is 35.5. The molecule has 136 valence electrons. The second-order valence-electron chi connectivity index (χ2n) is 6.97. The molecule has 2 aliphatic rings. The van der Waals surface area contributed by atoms with Crippen LogP contribution in [0.25, 0.3) is 0 Å². The lowest BCUT2D eigenvalue weighted by Gasteiger charge is -2.38. The van der Waals surface area contributed by atoms with Crippen LogP contribution in [0.3, 0.4) is 0 Å². The maximum absolute atomic E-state index is 12.9. The minimum Gasteiger partial charge on any atom is -0.352 e. The van der Waals surface area contributed by atoms with Crippen LogP contribution >= 0.6 is 11.6 Å². The van der Waals surface area contributed by atoms with Crippen LogP contribution in [0.5, 0.6) is 0 Å². The zero-order valence-electron chi connectivity index (χ0n) is 14.8. The van der Waals surface area contributed by atoms with E-state index in [2.05, 4.69) is 9.88 Å². The summed E-state index contributed by atoms with van der Waals surface area (Å²) in [5.41, 5.74) is 0. The smallest absolute Gasteiger partial charge is 0.245 e. The van der Waals surface area contributed by atoms with Crippen LogP contribution in [0.4, 0.5) is 5.82 Å². The first-order valence-electron chi connectivity index (χ1n) is 8.93. The van der Waals surface area contributed by atoms with Gasteiger partial charge in [-0.3, -0.25) is 9.59 Å². The fraction of sp³-hybridized carbons (Fsp3) is 0.611. The number of carbonyl (C=O) groups is 2. The Kier molecular flexibility index (Phi) is 5.47. The molecule has 3 rings (SSSR count). The van der Waals surface area contributed by atoms with Crippen LogP contribution in [0.15, 0.2) is 18.3 Å². The summed E-state index contributed by atoms with van der Waals surface area (Å²) in [4.78, 5) is 35.4. The molecule has 0 N–H and O–H groups in total. The molecule has 0 aliphatic carbocycles. The lowest BCUT2D eigenvalue weighted by Crippen LogP contribution is -2.55. The van der Waals surface area contributed by atoms with Crippen molar-refractivity contribution in [2.45, 2.75) is 32.7 Å². The van der Waals surface area contributed by atoms with Crippen LogP contribution in [0.2, 0.25) is 5.02 Å². The van der Waals surface area contributed by atoms with E-state index in [4.69, 9.17) is 11.6 Å². The summed E-state index contributed by atoms with van der Waals surface area (Å²) >= 11 is 6.21. The molecule has 2 fully saturated rings. The maximum Gasteiger partial charge on any atom is 0.245 e. The summed E-state index contributed by atoms with van der Waals surface area (Å²) < 4.78 is 0. The lowest BCUT2D eigenvalue weighted by molar-refractivity contribution is -0.145. The van der Waals surface area contributed by atoms with Crippen LogP contribution in [0, 0.1) is 5.92 Å². The SMILES string of the molecule is CC(C)C(=O)N1CCCC1C(=O)N1CCN(c2ncccc2Cl)CC1. The standard InChI is InChI=1S/C18H25ClN4O2/c1-13(2)17(24)23-8-4-6-15(23)18(25)22-11-9-21(10-12-22)16-14(19)5-3-7-20-16/h3,5,7,13,15H,4,6,8-12H2,1-2H3. The van der Waals surface area contributed by atoms with Gasteiger partial charge in [-0.1, -0.05) is 25.4 Å². The molecule has 6 nitrogen and oxygen atoms in total. The third-order valence-corrected chi connectivity index (χ3v) is 5.24. The molecule has 1 unspecified atom stereocenters. The molecule has 7 heteroatoms. The van der Waals surface area contributed by atoms with Gasteiger partial charge in [-0.15, -0.1) is 0 Å². The Balaban J connectivity index is 1.62. The second kappa shape index (κ2) is 7.60. The van der Waals surface area contributed by atoms with Crippen molar-refractivity contribution >= 4 is 29.2 Å². The summed E-state index contributed by atoms with van der Waals surface area (Å²) in [6.45, 7) is 7.13. The maximum atomic E-state index is 12.9. The number of hydrogen-bond donors (Lipinski definition) is 0. The van der Waals surface area contributed by atoms with Crippen LogP contribution < -0.4 is 4.90 Å². The number of rotatable bonds is 3. The minimum atomic E-state index is -0.292. The van der Waals surface area contributed by atoms with Gasteiger partial charge in [-0.2, -0.15) is 0 Å². The third-order valence-electron chi connectivity index (χ3n) is 4.94. The lowest BCUT2D eigenvalue weighted by atomic mass is 10.1. The number of amides is 2. The Morgan fingerprint density at radius 3 is 2.56 bits per heavy atom. The van der Waals surface area contributed by atoms with Crippen molar-refractivity contribution in [3.05, 3.63) is 23.4 Å². The summed E-state index contributed by atoms with van der Waals surface area (Å²) in [6.07, 6.45) is 3.40. The van der Waals surface area contributed by atoms with Crippen molar-refractivity contribution in [3.8, 4) is 0 Å². The molecule has 2 amide bonds. The molecule has 2 saturated heterocycles. The topological polar surface area (TPSA) is 56.8 Å². The largest absolute Gasteiger partial charge is 0.352 e. The molecule has 1 aromatic rings. The van der Waals surface area contributed by atoms with E-state index in [0.717, 1.165) is 18.7 Å². The molecule has 1 aromatic heterocycles. The second-order valence-corrected chi connectivity index (χ2v) is 7.37. The molecule has 0 radical (unpaired) electrons. The Labute approximate surface area is 153 Å². The van der Waals surface area contributed by atoms with E-state index in [1.807, 2.05) is 30.9 Å². The molecule has 25 heavy (non-hydrogen) atoms. The summed E-state index contributed by atoms with van der Waals surface area (Å²) in [7, 11) is 0. The van der Waals surface area contributed by atoms with E-state index in [-0.39, 0.29) is 23.8 Å². The molecule has 1 atom stereocenters. The van der Waals surface area contributed by atoms with Gasteiger partial charge < -0.3 is 14.7 Å². The van der Waals surface area contributed by atoms with Crippen molar-refractivity contribution < 1.29 is 9.59 Å². The van der Waals surface area contributed by atoms with E-state index < -0.39 is 0 Å². The predicted octanol–water partition coefficient (Wildman–Crippen LogP) is 2.03. The van der Waals surface area contributed by atoms with Crippen molar-refractivity contribution in [1.29, 1.82) is 0 Å². The molecule has 3 heterocycles. The van der Waals surface area contributed by atoms with Gasteiger partial charge in [0.15, 0.2) is 0 Å². The minimum absolute atomic E-state index is 0.0726.